The minimum atomic E-state index is 0.0242. The second kappa shape index (κ2) is 8.38. The van der Waals surface area contributed by atoms with E-state index in [1.807, 2.05) is 30.4 Å². The molecule has 0 aliphatic carbocycles. The Morgan fingerprint density at radius 1 is 1.19 bits per heavy atom. The van der Waals surface area contributed by atoms with Gasteiger partial charge in [-0.15, -0.1) is 0 Å². The van der Waals surface area contributed by atoms with Crippen LogP contribution in [-0.2, 0) is 0 Å². The molecular formula is C25H24N2. The van der Waals surface area contributed by atoms with Gasteiger partial charge in [0.25, 0.3) is 0 Å². The summed E-state index contributed by atoms with van der Waals surface area (Å²) in [7, 11) is 0. The summed E-state index contributed by atoms with van der Waals surface area (Å²) in [4.78, 5) is 3.61. The molecule has 2 heteroatoms. The first-order chi connectivity index (χ1) is 13.2. The Balaban J connectivity index is 2.26. The molecule has 0 bridgehead atoms. The second-order valence-corrected chi connectivity index (χ2v) is 6.77. The monoisotopic (exact) mass is 352 g/mol. The lowest BCUT2D eigenvalue weighted by Crippen LogP contribution is -2.01. The van der Waals surface area contributed by atoms with Gasteiger partial charge in [-0.1, -0.05) is 78.9 Å². The number of hydrogen-bond acceptors (Lipinski definition) is 1. The number of hydrogen-bond donors (Lipinski definition) is 1. The van der Waals surface area contributed by atoms with E-state index in [0.29, 0.717) is 6.42 Å². The number of benzene rings is 2. The first kappa shape index (κ1) is 18.5. The number of aromatic amines is 1. The first-order valence-electron chi connectivity index (χ1n) is 9.16. The fraction of sp³-hybridized carbons (Fsp3) is 0.160. The topological polar surface area (TPSA) is 39.6 Å². The molecular weight excluding hydrogens is 328 g/mol. The van der Waals surface area contributed by atoms with Gasteiger partial charge >= 0.3 is 0 Å². The lowest BCUT2D eigenvalue weighted by Gasteiger charge is -2.17. The third kappa shape index (κ3) is 3.93. The molecule has 1 aromatic heterocycles. The molecule has 0 aliphatic heterocycles. The molecule has 27 heavy (non-hydrogen) atoms. The van der Waals surface area contributed by atoms with Gasteiger partial charge in [0, 0.05) is 23.2 Å². The van der Waals surface area contributed by atoms with Gasteiger partial charge < -0.3 is 4.98 Å². The van der Waals surface area contributed by atoms with Crippen molar-refractivity contribution in [3.8, 4) is 17.3 Å². The van der Waals surface area contributed by atoms with E-state index in [0.717, 1.165) is 22.3 Å². The highest BCUT2D eigenvalue weighted by atomic mass is 14.7. The van der Waals surface area contributed by atoms with Crippen LogP contribution >= 0.6 is 0 Å². The quantitative estimate of drug-likeness (QED) is 0.485. The second-order valence-electron chi connectivity index (χ2n) is 6.77. The molecule has 1 heterocycles. The van der Waals surface area contributed by atoms with Gasteiger partial charge in [0.2, 0.25) is 0 Å². The van der Waals surface area contributed by atoms with Gasteiger partial charge in [0.15, 0.2) is 0 Å². The predicted octanol–water partition coefficient (Wildman–Crippen LogP) is 6.83. The van der Waals surface area contributed by atoms with Crippen LogP contribution in [0.5, 0.6) is 0 Å². The Bertz CT molecular complexity index is 1040. The Labute approximate surface area is 161 Å². The summed E-state index contributed by atoms with van der Waals surface area (Å²) < 4.78 is 0. The third-order valence-corrected chi connectivity index (χ3v) is 4.86. The Kier molecular flexibility index (Phi) is 5.74. The van der Waals surface area contributed by atoms with Crippen LogP contribution in [0.25, 0.3) is 22.2 Å². The molecule has 0 aliphatic rings. The van der Waals surface area contributed by atoms with Gasteiger partial charge in [0.1, 0.15) is 0 Å². The molecule has 0 radical (unpaired) electrons. The number of H-pyrrole nitrogens is 1. The standard InChI is InChI=1S/C25H24N2/c1-4-5-7-10-19(3)21(15-16-26)24-22-14-13-18(2)17-23(22)27-25(24)20-11-8-6-9-12-20/h4-14,17,21,27H,1,15H2,2-3H3/b7-5-,19-10+. The van der Waals surface area contributed by atoms with Gasteiger partial charge in [-0.05, 0) is 36.6 Å². The van der Waals surface area contributed by atoms with Crippen LogP contribution in [0.3, 0.4) is 0 Å². The maximum atomic E-state index is 9.51. The minimum Gasteiger partial charge on any atom is -0.354 e. The molecule has 0 spiro atoms. The molecule has 0 saturated carbocycles. The van der Waals surface area contributed by atoms with Crippen molar-refractivity contribution in [2.75, 3.05) is 0 Å². The van der Waals surface area contributed by atoms with E-state index in [2.05, 4.69) is 67.9 Å². The van der Waals surface area contributed by atoms with Crippen LogP contribution in [0.4, 0.5) is 0 Å². The zero-order valence-electron chi connectivity index (χ0n) is 15.9. The zero-order valence-corrected chi connectivity index (χ0v) is 15.9. The average molecular weight is 352 g/mol. The number of nitrogens with zero attached hydrogens (tertiary/aromatic N) is 1. The molecule has 2 aromatic carbocycles. The molecule has 0 amide bonds. The summed E-state index contributed by atoms with van der Waals surface area (Å²) in [6, 6.07) is 19.2. The highest BCUT2D eigenvalue weighted by Gasteiger charge is 2.23. The Hall–Kier alpha value is -3.31. The normalized spacial score (nSPS) is 13.0. The largest absolute Gasteiger partial charge is 0.354 e. The fourth-order valence-electron chi connectivity index (χ4n) is 3.51. The van der Waals surface area contributed by atoms with Crippen molar-refractivity contribution in [2.45, 2.75) is 26.2 Å². The van der Waals surface area contributed by atoms with Crippen LogP contribution in [0, 0.1) is 18.3 Å². The molecule has 0 fully saturated rings. The Morgan fingerprint density at radius 2 is 1.96 bits per heavy atom. The van der Waals surface area contributed by atoms with Crippen LogP contribution < -0.4 is 0 Å². The molecule has 2 nitrogen and oxygen atoms in total. The van der Waals surface area contributed by atoms with Crippen molar-refractivity contribution in [2.24, 2.45) is 0 Å². The molecule has 1 atom stereocenters. The molecule has 1 N–H and O–H groups in total. The summed E-state index contributed by atoms with van der Waals surface area (Å²) in [6.45, 7) is 7.91. The number of allylic oxidation sites excluding steroid dienone is 5. The predicted molar refractivity (Wildman–Crippen MR) is 115 cm³/mol. The molecule has 0 saturated heterocycles. The number of fused-ring (bicyclic) bond motifs is 1. The van der Waals surface area contributed by atoms with Gasteiger partial charge in [0.05, 0.1) is 11.8 Å². The number of nitriles is 1. The number of nitrogens with one attached hydrogen (secondary N) is 1. The maximum absolute atomic E-state index is 9.51. The average Bonchev–Trinajstić information content (AvgIpc) is 3.05. The number of aryl methyl sites for hydroxylation is 1. The van der Waals surface area contributed by atoms with Crippen LogP contribution in [0.2, 0.25) is 0 Å². The van der Waals surface area contributed by atoms with E-state index < -0.39 is 0 Å². The summed E-state index contributed by atoms with van der Waals surface area (Å²) in [6.07, 6.45) is 8.15. The highest BCUT2D eigenvalue weighted by molar-refractivity contribution is 5.92. The van der Waals surface area contributed by atoms with E-state index >= 15 is 0 Å². The third-order valence-electron chi connectivity index (χ3n) is 4.86. The fourth-order valence-corrected chi connectivity index (χ4v) is 3.51. The van der Waals surface area contributed by atoms with Crippen molar-refractivity contribution < 1.29 is 0 Å². The summed E-state index contributed by atoms with van der Waals surface area (Å²) in [5, 5.41) is 10.7. The van der Waals surface area contributed by atoms with Gasteiger partial charge in [-0.25, -0.2) is 0 Å². The highest BCUT2D eigenvalue weighted by Crippen LogP contribution is 2.40. The maximum Gasteiger partial charge on any atom is 0.0631 e. The first-order valence-corrected chi connectivity index (χ1v) is 9.16. The minimum absolute atomic E-state index is 0.0242. The van der Waals surface area contributed by atoms with Crippen LogP contribution in [0.1, 0.15) is 30.4 Å². The summed E-state index contributed by atoms with van der Waals surface area (Å²) in [5.74, 6) is 0.0242. The summed E-state index contributed by atoms with van der Waals surface area (Å²) >= 11 is 0. The van der Waals surface area contributed by atoms with Crippen molar-refractivity contribution in [1.29, 1.82) is 5.26 Å². The lowest BCUT2D eigenvalue weighted by atomic mass is 9.85. The Morgan fingerprint density at radius 3 is 2.67 bits per heavy atom. The van der Waals surface area contributed by atoms with Crippen molar-refractivity contribution in [1.82, 2.24) is 4.98 Å². The molecule has 3 aromatic rings. The van der Waals surface area contributed by atoms with Crippen molar-refractivity contribution in [3.63, 3.8) is 0 Å². The molecule has 3 rings (SSSR count). The number of aromatic nitrogens is 1. The van der Waals surface area contributed by atoms with Crippen LogP contribution in [-0.4, -0.2) is 4.98 Å². The van der Waals surface area contributed by atoms with E-state index in [9.17, 15) is 5.26 Å². The molecule has 134 valence electrons. The van der Waals surface area contributed by atoms with Crippen molar-refractivity contribution in [3.05, 3.63) is 96.1 Å². The SMILES string of the molecule is C=C/C=C\C=C(/C)C(CC#N)c1c(-c2ccccc2)[nH]c2cc(C)ccc12. The summed E-state index contributed by atoms with van der Waals surface area (Å²) in [5.41, 5.74) is 6.91. The lowest BCUT2D eigenvalue weighted by molar-refractivity contribution is 0.825. The van der Waals surface area contributed by atoms with E-state index in [4.69, 9.17) is 0 Å². The zero-order chi connectivity index (χ0) is 19.2. The van der Waals surface area contributed by atoms with Crippen molar-refractivity contribution >= 4 is 10.9 Å². The van der Waals surface area contributed by atoms with Crippen LogP contribution in [0.15, 0.2) is 85.0 Å². The van der Waals surface area contributed by atoms with E-state index in [1.54, 1.807) is 6.08 Å². The smallest absolute Gasteiger partial charge is 0.0631 e. The van der Waals surface area contributed by atoms with Gasteiger partial charge in [-0.3, -0.25) is 0 Å². The van der Waals surface area contributed by atoms with E-state index in [1.165, 1.54) is 16.5 Å². The molecule has 1 unspecified atom stereocenters. The van der Waals surface area contributed by atoms with E-state index in [-0.39, 0.29) is 5.92 Å². The number of rotatable bonds is 6. The van der Waals surface area contributed by atoms with Gasteiger partial charge in [-0.2, -0.15) is 5.26 Å².